The third-order valence-electron chi connectivity index (χ3n) is 2.45. The van der Waals surface area contributed by atoms with Crippen LogP contribution in [0, 0.1) is 0 Å². The van der Waals surface area contributed by atoms with Gasteiger partial charge in [-0.15, -0.1) is 10.2 Å². The zero-order valence-corrected chi connectivity index (χ0v) is 10.3. The highest BCUT2D eigenvalue weighted by Gasteiger charge is 2.21. The van der Waals surface area contributed by atoms with E-state index in [1.54, 1.807) is 30.3 Å². The number of hydrogen-bond acceptors (Lipinski definition) is 5. The molecule has 2 rings (SSSR count). The zero-order valence-electron chi connectivity index (χ0n) is 10.3. The van der Waals surface area contributed by atoms with E-state index in [4.69, 9.17) is 5.11 Å². The molecular weight excluding hydrogens is 264 g/mol. The molecule has 0 spiro atoms. The first-order chi connectivity index (χ1) is 9.66. The topological polar surface area (TPSA) is 133 Å². The van der Waals surface area contributed by atoms with Gasteiger partial charge in [-0.1, -0.05) is 35.5 Å². The van der Waals surface area contributed by atoms with Crippen LogP contribution in [-0.2, 0) is 11.3 Å². The van der Waals surface area contributed by atoms with Crippen molar-refractivity contribution in [3.63, 3.8) is 0 Å². The fourth-order valence-corrected chi connectivity index (χ4v) is 1.53. The van der Waals surface area contributed by atoms with Crippen molar-refractivity contribution in [2.75, 3.05) is 0 Å². The number of carboxylic acid groups (broad SMARTS) is 1. The molecule has 2 amide bonds. The van der Waals surface area contributed by atoms with E-state index in [0.717, 1.165) is 0 Å². The number of rotatable bonds is 5. The van der Waals surface area contributed by atoms with Gasteiger partial charge in [-0.2, -0.15) is 5.21 Å². The summed E-state index contributed by atoms with van der Waals surface area (Å²) in [7, 11) is 0. The molecule has 9 nitrogen and oxygen atoms in total. The summed E-state index contributed by atoms with van der Waals surface area (Å²) in [6.07, 6.45) is 0. The van der Waals surface area contributed by atoms with E-state index in [0.29, 0.717) is 11.4 Å². The third-order valence-corrected chi connectivity index (χ3v) is 2.45. The number of nitrogens with zero attached hydrogens (tertiary/aromatic N) is 3. The largest absolute Gasteiger partial charge is 0.479 e. The lowest BCUT2D eigenvalue weighted by molar-refractivity contribution is -0.139. The number of tetrazole rings is 1. The van der Waals surface area contributed by atoms with E-state index >= 15 is 0 Å². The summed E-state index contributed by atoms with van der Waals surface area (Å²) in [5.74, 6) is -0.849. The standard InChI is InChI=1S/C11H12N6O3/c18-10(19)9(7-4-2-1-3-5-7)13-11(20)12-6-8-14-16-17-15-8/h1-5,9H,6H2,(H,18,19)(H2,12,13,20)(H,14,15,16,17). The Morgan fingerprint density at radius 3 is 2.65 bits per heavy atom. The van der Waals surface area contributed by atoms with Crippen molar-refractivity contribution in [2.45, 2.75) is 12.6 Å². The van der Waals surface area contributed by atoms with Crippen LogP contribution >= 0.6 is 0 Å². The molecule has 1 heterocycles. The average Bonchev–Trinajstić information content (AvgIpc) is 2.96. The Balaban J connectivity index is 1.95. The lowest BCUT2D eigenvalue weighted by Gasteiger charge is -2.14. The second-order valence-electron chi connectivity index (χ2n) is 3.84. The highest BCUT2D eigenvalue weighted by Crippen LogP contribution is 2.12. The van der Waals surface area contributed by atoms with Crippen LogP contribution in [0.2, 0.25) is 0 Å². The van der Waals surface area contributed by atoms with Gasteiger partial charge in [0.15, 0.2) is 11.9 Å². The minimum atomic E-state index is -1.15. The minimum Gasteiger partial charge on any atom is -0.479 e. The maximum Gasteiger partial charge on any atom is 0.330 e. The molecule has 0 bridgehead atoms. The minimum absolute atomic E-state index is 0.0451. The number of carboxylic acids is 1. The number of amides is 2. The van der Waals surface area contributed by atoms with Gasteiger partial charge in [-0.05, 0) is 5.56 Å². The first kappa shape index (κ1) is 13.5. The van der Waals surface area contributed by atoms with Crippen LogP contribution in [0.4, 0.5) is 4.79 Å². The van der Waals surface area contributed by atoms with Crippen LogP contribution in [0.5, 0.6) is 0 Å². The van der Waals surface area contributed by atoms with Gasteiger partial charge in [-0.3, -0.25) is 0 Å². The van der Waals surface area contributed by atoms with Crippen LogP contribution in [0.25, 0.3) is 0 Å². The molecule has 0 saturated carbocycles. The van der Waals surface area contributed by atoms with Crippen molar-refractivity contribution in [3.05, 3.63) is 41.7 Å². The maximum atomic E-state index is 11.7. The van der Waals surface area contributed by atoms with E-state index in [-0.39, 0.29) is 6.54 Å². The predicted molar refractivity (Wildman–Crippen MR) is 66.4 cm³/mol. The molecule has 0 fully saturated rings. The molecule has 0 aliphatic carbocycles. The summed E-state index contributed by atoms with van der Waals surface area (Å²) < 4.78 is 0. The van der Waals surface area contributed by atoms with Crippen LogP contribution in [0.1, 0.15) is 17.4 Å². The number of urea groups is 1. The van der Waals surface area contributed by atoms with Gasteiger partial charge >= 0.3 is 12.0 Å². The number of aromatic amines is 1. The van der Waals surface area contributed by atoms with Crippen molar-refractivity contribution in [1.82, 2.24) is 31.3 Å². The molecule has 20 heavy (non-hydrogen) atoms. The van der Waals surface area contributed by atoms with E-state index in [9.17, 15) is 9.59 Å². The number of benzene rings is 1. The fraction of sp³-hybridized carbons (Fsp3) is 0.182. The molecule has 1 atom stereocenters. The molecule has 9 heteroatoms. The van der Waals surface area contributed by atoms with Crippen molar-refractivity contribution in [3.8, 4) is 0 Å². The Bertz CT molecular complexity index is 571. The van der Waals surface area contributed by atoms with Crippen LogP contribution < -0.4 is 10.6 Å². The fourth-order valence-electron chi connectivity index (χ4n) is 1.53. The predicted octanol–water partition coefficient (Wildman–Crippen LogP) is -0.175. The molecule has 0 saturated heterocycles. The van der Waals surface area contributed by atoms with E-state index in [2.05, 4.69) is 31.3 Å². The highest BCUT2D eigenvalue weighted by atomic mass is 16.4. The Morgan fingerprint density at radius 2 is 2.05 bits per heavy atom. The smallest absolute Gasteiger partial charge is 0.330 e. The normalized spacial score (nSPS) is 11.6. The molecule has 4 N–H and O–H groups in total. The zero-order chi connectivity index (χ0) is 14.4. The van der Waals surface area contributed by atoms with Gasteiger partial charge in [-0.25, -0.2) is 9.59 Å². The van der Waals surface area contributed by atoms with Crippen LogP contribution in [0.15, 0.2) is 30.3 Å². The number of nitrogens with one attached hydrogen (secondary N) is 3. The van der Waals surface area contributed by atoms with Gasteiger partial charge in [0, 0.05) is 0 Å². The monoisotopic (exact) mass is 276 g/mol. The van der Waals surface area contributed by atoms with Gasteiger partial charge in [0.2, 0.25) is 0 Å². The third kappa shape index (κ3) is 3.51. The number of aliphatic carboxylic acids is 1. The molecule has 104 valence electrons. The lowest BCUT2D eigenvalue weighted by atomic mass is 10.1. The van der Waals surface area contributed by atoms with Crippen LogP contribution in [0.3, 0.4) is 0 Å². The number of hydrogen-bond donors (Lipinski definition) is 4. The van der Waals surface area contributed by atoms with Crippen molar-refractivity contribution in [2.24, 2.45) is 0 Å². The van der Waals surface area contributed by atoms with Crippen molar-refractivity contribution in [1.29, 1.82) is 0 Å². The SMILES string of the molecule is O=C(NCc1nn[nH]n1)NC(C(=O)O)c1ccccc1. The summed E-state index contributed by atoms with van der Waals surface area (Å²) in [5.41, 5.74) is 0.481. The molecule has 0 radical (unpaired) electrons. The number of aromatic nitrogens is 4. The van der Waals surface area contributed by atoms with E-state index in [1.165, 1.54) is 0 Å². The van der Waals surface area contributed by atoms with E-state index in [1.807, 2.05) is 0 Å². The molecule has 1 aromatic heterocycles. The molecule has 1 aromatic carbocycles. The Labute approximate surface area is 113 Å². The first-order valence-electron chi connectivity index (χ1n) is 5.71. The number of carbonyl (C=O) groups is 2. The van der Waals surface area contributed by atoms with E-state index < -0.39 is 18.0 Å². The maximum absolute atomic E-state index is 11.7. The quantitative estimate of drug-likeness (QED) is 0.599. The summed E-state index contributed by atoms with van der Waals surface area (Å²) >= 11 is 0. The highest BCUT2D eigenvalue weighted by molar-refractivity contribution is 5.83. The van der Waals surface area contributed by atoms with Gasteiger partial charge < -0.3 is 15.7 Å². The summed E-state index contributed by atoms with van der Waals surface area (Å²) in [6.45, 7) is 0.0451. The number of H-pyrrole nitrogens is 1. The molecule has 2 aromatic rings. The Morgan fingerprint density at radius 1 is 1.30 bits per heavy atom. The molecule has 0 aliphatic rings. The lowest BCUT2D eigenvalue weighted by Crippen LogP contribution is -2.40. The summed E-state index contributed by atoms with van der Waals surface area (Å²) in [5, 5.41) is 26.8. The molecular formula is C11H12N6O3. The molecule has 0 aliphatic heterocycles. The molecule has 1 unspecified atom stereocenters. The van der Waals surface area contributed by atoms with Crippen LogP contribution in [-0.4, -0.2) is 37.7 Å². The van der Waals surface area contributed by atoms with Crippen molar-refractivity contribution >= 4 is 12.0 Å². The second-order valence-corrected chi connectivity index (χ2v) is 3.84. The first-order valence-corrected chi connectivity index (χ1v) is 5.71. The van der Waals surface area contributed by atoms with Gasteiger partial charge in [0.25, 0.3) is 0 Å². The van der Waals surface area contributed by atoms with Gasteiger partial charge in [0.1, 0.15) is 0 Å². The summed E-state index contributed by atoms with van der Waals surface area (Å²) in [6, 6.07) is 6.65. The average molecular weight is 276 g/mol. The number of carbonyl (C=O) groups excluding carboxylic acids is 1. The Hall–Kier alpha value is -2.97. The van der Waals surface area contributed by atoms with Crippen molar-refractivity contribution < 1.29 is 14.7 Å². The second kappa shape index (κ2) is 6.27. The van der Waals surface area contributed by atoms with Gasteiger partial charge in [0.05, 0.1) is 6.54 Å². The summed E-state index contributed by atoms with van der Waals surface area (Å²) in [4.78, 5) is 22.8. The Kier molecular flexibility index (Phi) is 4.22.